The Morgan fingerprint density at radius 2 is 1.97 bits per heavy atom. The molecular formula is C19H13Cl3F2N6O. The maximum atomic E-state index is 13.7. The fourth-order valence-corrected chi connectivity index (χ4v) is 3.40. The second kappa shape index (κ2) is 8.07. The summed E-state index contributed by atoms with van der Waals surface area (Å²) in [7, 11) is 0. The lowest BCUT2D eigenvalue weighted by molar-refractivity contribution is 0.0868. The zero-order valence-electron chi connectivity index (χ0n) is 15.8. The summed E-state index contributed by atoms with van der Waals surface area (Å²) < 4.78 is 29.8. The Balaban J connectivity index is 1.53. The number of rotatable bonds is 5. The first-order chi connectivity index (χ1) is 14.6. The molecule has 1 amide bonds. The van der Waals surface area contributed by atoms with Crippen LogP contribution in [0.15, 0.2) is 42.7 Å². The number of carbonyl (C=O) groups is 1. The largest absolute Gasteiger partial charge is 0.364 e. The smallest absolute Gasteiger partial charge is 0.318 e. The van der Waals surface area contributed by atoms with Gasteiger partial charge in [0.2, 0.25) is 0 Å². The third-order valence-corrected chi connectivity index (χ3v) is 5.23. The number of hydrogen-bond acceptors (Lipinski definition) is 4. The number of aromatic nitrogens is 5. The average Bonchev–Trinajstić information content (AvgIpc) is 3.30. The maximum absolute atomic E-state index is 13.7. The standard InChI is InChI=1S/C19H13Cl3F2N6O/c1-10-4-16(19(22,23)24)30-17(26-10)6-15(28-30)18(31)27-12-7-25-29(9-12)8-11-2-3-13(20)14(21)5-11/h2-7,9H,8H2,1H3,(H,27,31). The summed E-state index contributed by atoms with van der Waals surface area (Å²) >= 11 is 17.1. The Kier molecular flexibility index (Phi) is 5.59. The lowest BCUT2D eigenvalue weighted by Gasteiger charge is -2.10. The molecule has 1 N–H and O–H groups in total. The van der Waals surface area contributed by atoms with Crippen molar-refractivity contribution in [3.8, 4) is 0 Å². The van der Waals surface area contributed by atoms with Crippen molar-refractivity contribution in [2.75, 3.05) is 5.32 Å². The minimum absolute atomic E-state index is 0.0794. The van der Waals surface area contributed by atoms with E-state index >= 15 is 0 Å². The molecule has 0 aliphatic heterocycles. The fraction of sp³-hybridized carbons (Fsp3) is 0.158. The minimum atomic E-state index is -3.67. The van der Waals surface area contributed by atoms with Crippen LogP contribution >= 0.6 is 34.8 Å². The number of amides is 1. The summed E-state index contributed by atoms with van der Waals surface area (Å²) in [5.41, 5.74) is 0.984. The molecule has 0 bridgehead atoms. The van der Waals surface area contributed by atoms with Gasteiger partial charge in [-0.1, -0.05) is 29.3 Å². The van der Waals surface area contributed by atoms with Gasteiger partial charge in [-0.05, 0) is 42.3 Å². The van der Waals surface area contributed by atoms with Crippen molar-refractivity contribution in [2.45, 2.75) is 18.9 Å². The first-order valence-electron chi connectivity index (χ1n) is 8.82. The number of aryl methyl sites for hydroxylation is 1. The van der Waals surface area contributed by atoms with Crippen LogP contribution in [0.5, 0.6) is 0 Å². The van der Waals surface area contributed by atoms with E-state index in [0.717, 1.165) is 16.1 Å². The van der Waals surface area contributed by atoms with Crippen LogP contribution < -0.4 is 5.32 Å². The molecule has 0 fully saturated rings. The highest BCUT2D eigenvalue weighted by Gasteiger charge is 2.32. The Morgan fingerprint density at radius 3 is 2.68 bits per heavy atom. The first kappa shape index (κ1) is 21.5. The van der Waals surface area contributed by atoms with Crippen LogP contribution in [0.1, 0.15) is 27.4 Å². The summed E-state index contributed by atoms with van der Waals surface area (Å²) in [5.74, 6) is -0.610. The molecule has 0 aliphatic carbocycles. The second-order valence-corrected chi connectivity index (χ2v) is 8.00. The Labute approximate surface area is 189 Å². The molecule has 0 saturated carbocycles. The molecule has 0 aliphatic rings. The number of nitrogens with one attached hydrogen (secondary N) is 1. The predicted octanol–water partition coefficient (Wildman–Crippen LogP) is 5.13. The van der Waals surface area contributed by atoms with Gasteiger partial charge in [0.15, 0.2) is 11.3 Å². The quantitative estimate of drug-likeness (QED) is 0.398. The SMILES string of the molecule is Cc1cc(C(F)(F)Cl)n2nc(C(=O)Nc3cnn(Cc4ccc(Cl)c(Cl)c4)c3)cc2n1. The van der Waals surface area contributed by atoms with Gasteiger partial charge in [0, 0.05) is 18.0 Å². The first-order valence-corrected chi connectivity index (χ1v) is 9.96. The Hall–Kier alpha value is -2.75. The lowest BCUT2D eigenvalue weighted by atomic mass is 10.2. The molecular weight excluding hydrogens is 473 g/mol. The van der Waals surface area contributed by atoms with E-state index in [0.29, 0.717) is 28.0 Å². The van der Waals surface area contributed by atoms with Crippen molar-refractivity contribution in [3.63, 3.8) is 0 Å². The van der Waals surface area contributed by atoms with Crippen molar-refractivity contribution in [3.05, 3.63) is 75.4 Å². The van der Waals surface area contributed by atoms with Crippen LogP contribution in [0.2, 0.25) is 10.0 Å². The minimum Gasteiger partial charge on any atom is -0.318 e. The van der Waals surface area contributed by atoms with Crippen LogP contribution in [-0.2, 0) is 11.9 Å². The van der Waals surface area contributed by atoms with Gasteiger partial charge in [-0.3, -0.25) is 9.48 Å². The van der Waals surface area contributed by atoms with Gasteiger partial charge in [-0.2, -0.15) is 19.0 Å². The van der Waals surface area contributed by atoms with Gasteiger partial charge in [-0.15, -0.1) is 0 Å². The third-order valence-electron chi connectivity index (χ3n) is 4.30. The van der Waals surface area contributed by atoms with E-state index in [-0.39, 0.29) is 11.3 Å². The monoisotopic (exact) mass is 484 g/mol. The van der Waals surface area contributed by atoms with Crippen molar-refractivity contribution < 1.29 is 13.6 Å². The molecule has 3 heterocycles. The van der Waals surface area contributed by atoms with Crippen molar-refractivity contribution >= 4 is 52.0 Å². The van der Waals surface area contributed by atoms with E-state index in [1.807, 2.05) is 6.07 Å². The number of fused-ring (bicyclic) bond motifs is 1. The number of hydrogen-bond donors (Lipinski definition) is 1. The molecule has 3 aromatic heterocycles. The molecule has 0 spiro atoms. The van der Waals surface area contributed by atoms with E-state index in [1.165, 1.54) is 12.3 Å². The Morgan fingerprint density at radius 1 is 1.19 bits per heavy atom. The molecule has 0 unspecified atom stereocenters. The van der Waals surface area contributed by atoms with Crippen LogP contribution in [0.25, 0.3) is 5.65 Å². The van der Waals surface area contributed by atoms with Crippen LogP contribution in [0.4, 0.5) is 14.5 Å². The molecule has 0 saturated heterocycles. The maximum Gasteiger partial charge on any atom is 0.364 e. The topological polar surface area (TPSA) is 77.1 Å². The molecule has 4 aromatic rings. The summed E-state index contributed by atoms with van der Waals surface area (Å²) in [6, 6.07) is 7.63. The average molecular weight is 486 g/mol. The molecule has 0 radical (unpaired) electrons. The lowest BCUT2D eigenvalue weighted by Crippen LogP contribution is -2.15. The third kappa shape index (κ3) is 4.63. The molecule has 31 heavy (non-hydrogen) atoms. The highest BCUT2D eigenvalue weighted by Crippen LogP contribution is 2.32. The molecule has 12 heteroatoms. The number of benzene rings is 1. The highest BCUT2D eigenvalue weighted by molar-refractivity contribution is 6.42. The van der Waals surface area contributed by atoms with Gasteiger partial charge in [0.05, 0.1) is 28.5 Å². The fourth-order valence-electron chi connectivity index (χ4n) is 2.95. The zero-order valence-corrected chi connectivity index (χ0v) is 18.1. The van der Waals surface area contributed by atoms with Gasteiger partial charge in [0.25, 0.3) is 5.91 Å². The normalized spacial score (nSPS) is 11.8. The van der Waals surface area contributed by atoms with Gasteiger partial charge in [-0.25, -0.2) is 9.50 Å². The molecule has 160 valence electrons. The number of nitrogens with zero attached hydrogens (tertiary/aromatic N) is 5. The summed E-state index contributed by atoms with van der Waals surface area (Å²) in [6.07, 6.45) is 3.06. The van der Waals surface area contributed by atoms with E-state index in [1.54, 1.807) is 29.9 Å². The van der Waals surface area contributed by atoms with Crippen molar-refractivity contribution in [2.24, 2.45) is 0 Å². The van der Waals surface area contributed by atoms with Crippen molar-refractivity contribution in [1.82, 2.24) is 24.4 Å². The van der Waals surface area contributed by atoms with Gasteiger partial charge in [0.1, 0.15) is 5.69 Å². The molecule has 0 atom stereocenters. The number of anilines is 1. The summed E-state index contributed by atoms with van der Waals surface area (Å²) in [5, 5.41) is 7.95. The Bertz CT molecular complexity index is 1300. The van der Waals surface area contributed by atoms with E-state index in [2.05, 4.69) is 20.5 Å². The predicted molar refractivity (Wildman–Crippen MR) is 113 cm³/mol. The summed E-state index contributed by atoms with van der Waals surface area (Å²) in [4.78, 5) is 16.7. The van der Waals surface area contributed by atoms with Crippen molar-refractivity contribution in [1.29, 1.82) is 0 Å². The van der Waals surface area contributed by atoms with Crippen LogP contribution in [0, 0.1) is 6.92 Å². The van der Waals surface area contributed by atoms with E-state index < -0.39 is 17.0 Å². The molecule has 1 aromatic carbocycles. The van der Waals surface area contributed by atoms with Gasteiger partial charge >= 0.3 is 5.38 Å². The molecule has 4 rings (SSSR count). The van der Waals surface area contributed by atoms with E-state index in [4.69, 9.17) is 34.8 Å². The second-order valence-electron chi connectivity index (χ2n) is 6.71. The number of alkyl halides is 3. The van der Waals surface area contributed by atoms with E-state index in [9.17, 15) is 13.6 Å². The van der Waals surface area contributed by atoms with Crippen LogP contribution in [-0.4, -0.2) is 30.3 Å². The summed E-state index contributed by atoms with van der Waals surface area (Å²) in [6.45, 7) is 1.94. The number of halogens is 5. The molecule has 7 nitrogen and oxygen atoms in total. The van der Waals surface area contributed by atoms with Crippen LogP contribution in [0.3, 0.4) is 0 Å². The number of carbonyl (C=O) groups excluding carboxylic acids is 1. The van der Waals surface area contributed by atoms with Gasteiger partial charge < -0.3 is 5.32 Å². The zero-order chi connectivity index (χ0) is 22.3. The highest BCUT2D eigenvalue weighted by atomic mass is 35.5.